The van der Waals surface area contributed by atoms with Gasteiger partial charge in [-0.25, -0.2) is 4.98 Å². The van der Waals surface area contributed by atoms with E-state index in [2.05, 4.69) is 15.6 Å². The van der Waals surface area contributed by atoms with E-state index >= 15 is 0 Å². The molecule has 0 spiro atoms. The lowest BCUT2D eigenvalue weighted by Gasteiger charge is -2.24. The number of rotatable bonds is 6. The summed E-state index contributed by atoms with van der Waals surface area (Å²) in [5.41, 5.74) is 4.06. The van der Waals surface area contributed by atoms with E-state index in [1.54, 1.807) is 13.8 Å². The first-order valence-corrected chi connectivity index (χ1v) is 6.90. The zero-order valence-corrected chi connectivity index (χ0v) is 15.4. The van der Waals surface area contributed by atoms with Crippen molar-refractivity contribution in [2.75, 3.05) is 18.4 Å². The van der Waals surface area contributed by atoms with Crippen molar-refractivity contribution < 1.29 is 18.0 Å². The predicted molar refractivity (Wildman–Crippen MR) is 93.1 cm³/mol. The molecule has 0 aliphatic heterocycles. The summed E-state index contributed by atoms with van der Waals surface area (Å²) in [5, 5.41) is 5.30. The summed E-state index contributed by atoms with van der Waals surface area (Å²) in [6.07, 6.45) is -3.70. The Morgan fingerprint density at radius 3 is 2.38 bits per heavy atom. The first-order chi connectivity index (χ1) is 10.0. The van der Waals surface area contributed by atoms with Crippen molar-refractivity contribution in [1.82, 2.24) is 10.3 Å². The van der Waals surface area contributed by atoms with E-state index in [4.69, 9.17) is 17.3 Å². The molecule has 0 atom stereocenters. The monoisotopic (exact) mass is 410 g/mol. The molecule has 1 rings (SSSR count). The number of aromatic nitrogens is 1. The van der Waals surface area contributed by atoms with Crippen LogP contribution in [0.2, 0.25) is 5.02 Å². The van der Waals surface area contributed by atoms with E-state index in [-0.39, 0.29) is 54.5 Å². The van der Waals surface area contributed by atoms with Crippen molar-refractivity contribution in [3.8, 4) is 0 Å². The molecule has 0 bridgehead atoms. The maximum Gasteiger partial charge on any atom is 0.417 e. The average Bonchev–Trinajstić information content (AvgIpc) is 2.39. The van der Waals surface area contributed by atoms with Gasteiger partial charge in [-0.05, 0) is 19.9 Å². The van der Waals surface area contributed by atoms with Crippen LogP contribution < -0.4 is 16.4 Å². The van der Waals surface area contributed by atoms with Crippen molar-refractivity contribution in [1.29, 1.82) is 0 Å². The van der Waals surface area contributed by atoms with Crippen LogP contribution in [0.4, 0.5) is 19.0 Å². The fourth-order valence-electron chi connectivity index (χ4n) is 1.51. The zero-order valence-electron chi connectivity index (χ0n) is 13.0. The fraction of sp³-hybridized carbons (Fsp3) is 0.538. The Hall–Kier alpha value is -0.960. The minimum atomic E-state index is -4.50. The van der Waals surface area contributed by atoms with Gasteiger partial charge in [-0.15, -0.1) is 24.8 Å². The molecule has 1 heterocycles. The lowest BCUT2D eigenvalue weighted by atomic mass is 10.1. The van der Waals surface area contributed by atoms with Crippen LogP contribution in [0.1, 0.15) is 25.8 Å². The summed E-state index contributed by atoms with van der Waals surface area (Å²) in [6, 6.07) is 0.786. The molecule has 0 saturated carbocycles. The van der Waals surface area contributed by atoms with Crippen molar-refractivity contribution in [2.45, 2.75) is 32.0 Å². The van der Waals surface area contributed by atoms with Crippen LogP contribution in [0.3, 0.4) is 0 Å². The van der Waals surface area contributed by atoms with Gasteiger partial charge >= 0.3 is 6.18 Å². The summed E-state index contributed by atoms with van der Waals surface area (Å²) < 4.78 is 37.4. The number of carbonyl (C=O) groups is 1. The normalized spacial score (nSPS) is 11.1. The van der Waals surface area contributed by atoms with Gasteiger partial charge in [0.25, 0.3) is 0 Å². The Kier molecular flexibility index (Phi) is 10.7. The number of anilines is 1. The second-order valence-corrected chi connectivity index (χ2v) is 5.77. The number of alkyl halides is 3. The summed E-state index contributed by atoms with van der Waals surface area (Å²) in [7, 11) is 0. The van der Waals surface area contributed by atoms with Crippen molar-refractivity contribution in [3.05, 3.63) is 22.8 Å². The number of hydrogen-bond donors (Lipinski definition) is 3. The summed E-state index contributed by atoms with van der Waals surface area (Å²) in [4.78, 5) is 15.3. The first kappa shape index (κ1) is 25.3. The van der Waals surface area contributed by atoms with Crippen LogP contribution in [0.25, 0.3) is 0 Å². The highest BCUT2D eigenvalue weighted by atomic mass is 35.5. The number of carbonyl (C=O) groups excluding carboxylic acids is 1. The van der Waals surface area contributed by atoms with Gasteiger partial charge in [0.05, 0.1) is 10.6 Å². The van der Waals surface area contributed by atoms with E-state index in [1.165, 1.54) is 0 Å². The topological polar surface area (TPSA) is 80.0 Å². The van der Waals surface area contributed by atoms with E-state index in [9.17, 15) is 18.0 Å². The highest BCUT2D eigenvalue weighted by molar-refractivity contribution is 6.32. The summed E-state index contributed by atoms with van der Waals surface area (Å²) in [6.45, 7) is 4.04. The molecule has 0 radical (unpaired) electrons. The quantitative estimate of drug-likeness (QED) is 0.671. The first-order valence-electron chi connectivity index (χ1n) is 6.53. The molecule has 0 fully saturated rings. The largest absolute Gasteiger partial charge is 0.417 e. The molecule has 0 aromatic carbocycles. The second-order valence-electron chi connectivity index (χ2n) is 5.37. The molecule has 24 heavy (non-hydrogen) atoms. The van der Waals surface area contributed by atoms with E-state index in [1.807, 2.05) is 0 Å². The molecular weight excluding hydrogens is 392 g/mol. The third kappa shape index (κ3) is 8.23. The van der Waals surface area contributed by atoms with Gasteiger partial charge in [-0.2, -0.15) is 13.2 Å². The van der Waals surface area contributed by atoms with Gasteiger partial charge in [0.1, 0.15) is 5.82 Å². The lowest BCUT2D eigenvalue weighted by Crippen LogP contribution is -2.49. The summed E-state index contributed by atoms with van der Waals surface area (Å²) >= 11 is 5.74. The fourth-order valence-corrected chi connectivity index (χ4v) is 1.74. The molecule has 0 aliphatic rings. The van der Waals surface area contributed by atoms with Crippen LogP contribution in [0.5, 0.6) is 0 Å². The van der Waals surface area contributed by atoms with Gasteiger partial charge in [-0.1, -0.05) is 11.6 Å². The molecule has 11 heteroatoms. The van der Waals surface area contributed by atoms with Gasteiger partial charge in [0, 0.05) is 31.2 Å². The standard InChI is InChI=1S/C13H18ClF3N4O.2ClH/c1-12(2,7-18)21-10(22)3-4-19-11-9(14)5-8(6-20-11)13(15,16)17;;/h5-6H,3-4,7,18H2,1-2H3,(H,19,20)(H,21,22);2*1H. The number of nitrogens with zero attached hydrogens (tertiary/aromatic N) is 1. The van der Waals surface area contributed by atoms with Crippen LogP contribution in [-0.2, 0) is 11.0 Å². The highest BCUT2D eigenvalue weighted by Gasteiger charge is 2.31. The second kappa shape index (κ2) is 10.1. The number of pyridine rings is 1. The molecule has 4 N–H and O–H groups in total. The lowest BCUT2D eigenvalue weighted by molar-refractivity contribution is -0.137. The van der Waals surface area contributed by atoms with Gasteiger partial charge in [-0.3, -0.25) is 4.79 Å². The van der Waals surface area contributed by atoms with Crippen molar-refractivity contribution >= 4 is 48.1 Å². The number of halogens is 6. The Labute approximate surface area is 155 Å². The number of amides is 1. The molecule has 1 amide bonds. The van der Waals surface area contributed by atoms with Crippen LogP contribution in [0, 0.1) is 0 Å². The summed E-state index contributed by atoms with van der Waals surface area (Å²) in [5.74, 6) is -0.133. The SMILES string of the molecule is CC(C)(CN)NC(=O)CCNc1ncc(C(F)(F)F)cc1Cl.Cl.Cl. The Bertz CT molecular complexity index is 542. The Morgan fingerprint density at radius 1 is 1.33 bits per heavy atom. The molecule has 1 aromatic rings. The van der Waals surface area contributed by atoms with E-state index < -0.39 is 17.3 Å². The minimum absolute atomic E-state index is 0. The molecule has 0 saturated heterocycles. The average molecular weight is 412 g/mol. The molecule has 0 unspecified atom stereocenters. The molecule has 0 aliphatic carbocycles. The molecule has 140 valence electrons. The number of nitrogens with one attached hydrogen (secondary N) is 2. The Balaban J connectivity index is 0. The third-order valence-corrected chi connectivity index (χ3v) is 3.09. The maximum absolute atomic E-state index is 12.5. The molecular formula is C13H20Cl3F3N4O. The molecule has 5 nitrogen and oxygen atoms in total. The molecule has 1 aromatic heterocycles. The smallest absolute Gasteiger partial charge is 0.368 e. The van der Waals surface area contributed by atoms with Gasteiger partial charge < -0.3 is 16.4 Å². The Morgan fingerprint density at radius 2 is 1.92 bits per heavy atom. The van der Waals surface area contributed by atoms with Crippen LogP contribution in [-0.4, -0.2) is 29.5 Å². The highest BCUT2D eigenvalue weighted by Crippen LogP contribution is 2.32. The number of nitrogens with two attached hydrogens (primary N) is 1. The predicted octanol–water partition coefficient (Wildman–Crippen LogP) is 3.25. The van der Waals surface area contributed by atoms with Crippen LogP contribution in [0.15, 0.2) is 12.3 Å². The maximum atomic E-state index is 12.5. The zero-order chi connectivity index (χ0) is 17.0. The van der Waals surface area contributed by atoms with Gasteiger partial charge in [0.2, 0.25) is 5.91 Å². The van der Waals surface area contributed by atoms with E-state index in [0.29, 0.717) is 12.7 Å². The van der Waals surface area contributed by atoms with Crippen molar-refractivity contribution in [3.63, 3.8) is 0 Å². The minimum Gasteiger partial charge on any atom is -0.368 e. The van der Waals surface area contributed by atoms with Crippen LogP contribution >= 0.6 is 36.4 Å². The van der Waals surface area contributed by atoms with Crippen molar-refractivity contribution in [2.24, 2.45) is 5.73 Å². The van der Waals surface area contributed by atoms with E-state index in [0.717, 1.165) is 6.07 Å². The number of hydrogen-bond acceptors (Lipinski definition) is 4. The third-order valence-electron chi connectivity index (χ3n) is 2.80. The van der Waals surface area contributed by atoms with Gasteiger partial charge in [0.15, 0.2) is 0 Å².